The number of fused-ring (bicyclic) bond motifs is 1. The van der Waals surface area contributed by atoms with E-state index < -0.39 is 0 Å². The van der Waals surface area contributed by atoms with Crippen LogP contribution in [0.25, 0.3) is 11.2 Å². The standard InChI is InChI=1S/C10H8N4/c1-7(2)3-4-8-9-10(14-13-8)12-6-5-11-9/h5-6H,1H2,2H3,(H,12,13,14). The van der Waals surface area contributed by atoms with Gasteiger partial charge < -0.3 is 0 Å². The molecule has 2 heterocycles. The lowest BCUT2D eigenvalue weighted by molar-refractivity contribution is 1.08. The molecule has 2 aromatic heterocycles. The van der Waals surface area contributed by atoms with Crippen LogP contribution in [0, 0.1) is 11.8 Å². The number of rotatable bonds is 0. The first-order valence-electron chi connectivity index (χ1n) is 4.10. The van der Waals surface area contributed by atoms with Gasteiger partial charge in [0, 0.05) is 12.4 Å². The third kappa shape index (κ3) is 1.48. The molecule has 2 rings (SSSR count). The zero-order valence-electron chi connectivity index (χ0n) is 7.70. The second-order valence-corrected chi connectivity index (χ2v) is 2.86. The van der Waals surface area contributed by atoms with Gasteiger partial charge in [0.2, 0.25) is 5.65 Å². The van der Waals surface area contributed by atoms with E-state index in [2.05, 4.69) is 38.6 Å². The van der Waals surface area contributed by atoms with Crippen LogP contribution in [-0.2, 0) is 0 Å². The average Bonchev–Trinajstić information content (AvgIpc) is 2.58. The van der Waals surface area contributed by atoms with E-state index in [4.69, 9.17) is 0 Å². The summed E-state index contributed by atoms with van der Waals surface area (Å²) in [6, 6.07) is 0. The van der Waals surface area contributed by atoms with Crippen LogP contribution in [0.4, 0.5) is 0 Å². The average molecular weight is 184 g/mol. The quantitative estimate of drug-likeness (QED) is 0.627. The molecule has 0 aliphatic carbocycles. The summed E-state index contributed by atoms with van der Waals surface area (Å²) in [6.07, 6.45) is 3.21. The summed E-state index contributed by atoms with van der Waals surface area (Å²) in [7, 11) is 0. The van der Waals surface area contributed by atoms with Crippen LogP contribution in [0.5, 0.6) is 0 Å². The van der Waals surface area contributed by atoms with Crippen LogP contribution in [0.3, 0.4) is 0 Å². The molecule has 2 aromatic rings. The van der Waals surface area contributed by atoms with Crippen LogP contribution < -0.4 is 0 Å². The highest BCUT2D eigenvalue weighted by molar-refractivity contribution is 5.75. The van der Waals surface area contributed by atoms with Crippen LogP contribution in [0.1, 0.15) is 12.6 Å². The number of aromatic nitrogens is 4. The van der Waals surface area contributed by atoms with Crippen molar-refractivity contribution in [2.45, 2.75) is 6.92 Å². The summed E-state index contributed by atoms with van der Waals surface area (Å²) < 4.78 is 0. The largest absolute Gasteiger partial charge is 0.266 e. The van der Waals surface area contributed by atoms with Gasteiger partial charge in [0.1, 0.15) is 11.2 Å². The Balaban J connectivity index is 2.55. The topological polar surface area (TPSA) is 54.5 Å². The molecular weight excluding hydrogens is 176 g/mol. The van der Waals surface area contributed by atoms with E-state index >= 15 is 0 Å². The maximum Gasteiger partial charge on any atom is 0.200 e. The molecule has 4 heteroatoms. The lowest BCUT2D eigenvalue weighted by Gasteiger charge is -1.84. The lowest BCUT2D eigenvalue weighted by Crippen LogP contribution is -1.79. The van der Waals surface area contributed by atoms with Gasteiger partial charge >= 0.3 is 0 Å². The fourth-order valence-electron chi connectivity index (χ4n) is 1.01. The molecule has 4 nitrogen and oxygen atoms in total. The SMILES string of the molecule is C=C(C)C#Cc1[nH]nc2nccnc12. The van der Waals surface area contributed by atoms with Crippen LogP contribution in [0.2, 0.25) is 0 Å². The van der Waals surface area contributed by atoms with Crippen molar-refractivity contribution >= 4 is 11.2 Å². The van der Waals surface area contributed by atoms with Crippen LogP contribution >= 0.6 is 0 Å². The summed E-state index contributed by atoms with van der Waals surface area (Å²) in [5.74, 6) is 5.75. The molecule has 0 amide bonds. The molecule has 0 bridgehead atoms. The van der Waals surface area contributed by atoms with Gasteiger partial charge in [0.15, 0.2) is 0 Å². The number of hydrogen-bond donors (Lipinski definition) is 1. The molecule has 0 aliphatic rings. The first kappa shape index (κ1) is 8.45. The molecule has 0 aliphatic heterocycles. The second-order valence-electron chi connectivity index (χ2n) is 2.86. The molecule has 0 spiro atoms. The summed E-state index contributed by atoms with van der Waals surface area (Å²) in [4.78, 5) is 8.16. The van der Waals surface area contributed by atoms with Crippen molar-refractivity contribution in [3.63, 3.8) is 0 Å². The number of nitrogens with one attached hydrogen (secondary N) is 1. The number of allylic oxidation sites excluding steroid dienone is 1. The normalized spacial score (nSPS) is 9.50. The van der Waals surface area contributed by atoms with Crippen LogP contribution in [-0.4, -0.2) is 20.2 Å². The number of H-pyrrole nitrogens is 1. The van der Waals surface area contributed by atoms with Crippen molar-refractivity contribution in [2.24, 2.45) is 0 Å². The monoisotopic (exact) mass is 184 g/mol. The fourth-order valence-corrected chi connectivity index (χ4v) is 1.01. The predicted octanol–water partition coefficient (Wildman–Crippen LogP) is 1.28. The predicted molar refractivity (Wildman–Crippen MR) is 53.4 cm³/mol. The van der Waals surface area contributed by atoms with Crippen molar-refractivity contribution in [1.82, 2.24) is 20.2 Å². The van der Waals surface area contributed by atoms with E-state index in [1.807, 2.05) is 6.92 Å². The van der Waals surface area contributed by atoms with Gasteiger partial charge in [0.25, 0.3) is 0 Å². The molecule has 0 unspecified atom stereocenters. The molecule has 0 saturated heterocycles. The third-order valence-corrected chi connectivity index (χ3v) is 1.59. The van der Waals surface area contributed by atoms with E-state index in [1.54, 1.807) is 12.4 Å². The Bertz CT molecular complexity index is 542. The Kier molecular flexibility index (Phi) is 1.99. The highest BCUT2D eigenvalue weighted by atomic mass is 15.2. The minimum atomic E-state index is 0.582. The Morgan fingerprint density at radius 1 is 1.43 bits per heavy atom. The van der Waals surface area contributed by atoms with E-state index in [0.29, 0.717) is 16.9 Å². The van der Waals surface area contributed by atoms with Crippen molar-refractivity contribution in [2.75, 3.05) is 0 Å². The van der Waals surface area contributed by atoms with Gasteiger partial charge in [-0.1, -0.05) is 12.5 Å². The third-order valence-electron chi connectivity index (χ3n) is 1.59. The minimum absolute atomic E-state index is 0.582. The van der Waals surface area contributed by atoms with Crippen molar-refractivity contribution in [1.29, 1.82) is 0 Å². The first-order valence-corrected chi connectivity index (χ1v) is 4.10. The van der Waals surface area contributed by atoms with Gasteiger partial charge in [-0.05, 0) is 18.4 Å². The Morgan fingerprint density at radius 3 is 3.00 bits per heavy atom. The fraction of sp³-hybridized carbons (Fsp3) is 0.100. The minimum Gasteiger partial charge on any atom is -0.266 e. The molecule has 1 N–H and O–H groups in total. The lowest BCUT2D eigenvalue weighted by atomic mass is 10.3. The van der Waals surface area contributed by atoms with E-state index in [9.17, 15) is 0 Å². The zero-order valence-corrected chi connectivity index (χ0v) is 7.70. The number of hydrogen-bond acceptors (Lipinski definition) is 3. The number of nitrogens with zero attached hydrogens (tertiary/aromatic N) is 3. The molecule has 0 saturated carbocycles. The zero-order chi connectivity index (χ0) is 9.97. The molecular formula is C10H8N4. The van der Waals surface area contributed by atoms with E-state index in [-0.39, 0.29) is 0 Å². The van der Waals surface area contributed by atoms with Gasteiger partial charge in [-0.3, -0.25) is 5.10 Å². The molecule has 0 radical (unpaired) electrons. The van der Waals surface area contributed by atoms with Crippen molar-refractivity contribution in [3.8, 4) is 11.8 Å². The first-order chi connectivity index (χ1) is 6.77. The van der Waals surface area contributed by atoms with Gasteiger partial charge in [0.05, 0.1) is 0 Å². The molecule has 0 fully saturated rings. The molecule has 0 atom stereocenters. The Labute approximate surface area is 81.1 Å². The Hall–Kier alpha value is -2.15. The highest BCUT2D eigenvalue weighted by Crippen LogP contribution is 2.07. The summed E-state index contributed by atoms with van der Waals surface area (Å²) in [5.41, 5.74) is 2.76. The molecule has 0 aromatic carbocycles. The van der Waals surface area contributed by atoms with Crippen LogP contribution in [0.15, 0.2) is 24.5 Å². The number of aromatic amines is 1. The molecule has 68 valence electrons. The maximum absolute atomic E-state index is 4.13. The summed E-state index contributed by atoms with van der Waals surface area (Å²) in [6.45, 7) is 5.54. The van der Waals surface area contributed by atoms with E-state index in [0.717, 1.165) is 5.57 Å². The van der Waals surface area contributed by atoms with Gasteiger partial charge in [-0.15, -0.1) is 0 Å². The highest BCUT2D eigenvalue weighted by Gasteiger charge is 2.03. The van der Waals surface area contributed by atoms with Crippen molar-refractivity contribution in [3.05, 3.63) is 30.2 Å². The summed E-state index contributed by atoms with van der Waals surface area (Å²) >= 11 is 0. The second kappa shape index (κ2) is 3.30. The molecule has 14 heavy (non-hydrogen) atoms. The summed E-state index contributed by atoms with van der Waals surface area (Å²) in [5, 5.41) is 6.75. The van der Waals surface area contributed by atoms with E-state index in [1.165, 1.54) is 0 Å². The van der Waals surface area contributed by atoms with Crippen molar-refractivity contribution < 1.29 is 0 Å². The smallest absolute Gasteiger partial charge is 0.200 e. The van der Waals surface area contributed by atoms with Gasteiger partial charge in [-0.25, -0.2) is 9.97 Å². The maximum atomic E-state index is 4.13. The Morgan fingerprint density at radius 2 is 2.21 bits per heavy atom. The van der Waals surface area contributed by atoms with Gasteiger partial charge in [-0.2, -0.15) is 5.10 Å².